The van der Waals surface area contributed by atoms with E-state index in [0.717, 1.165) is 45.5 Å². The zero-order valence-corrected chi connectivity index (χ0v) is 22.9. The number of pyridine rings is 1. The number of methoxy groups -OCH3 is 1. The molecule has 0 saturated heterocycles. The van der Waals surface area contributed by atoms with Gasteiger partial charge in [0.2, 0.25) is 5.91 Å². The SMILES string of the molecule is COC(=O)c1ccc2c(c1)NC(=O)/C2=C(/c1ccccc1)C(C)c1ccc2c(c1)CCN2C(=O)Cc1cccnc1. The molecule has 204 valence electrons. The molecule has 3 heterocycles. The fourth-order valence-electron chi connectivity index (χ4n) is 5.80. The predicted octanol–water partition coefficient (Wildman–Crippen LogP) is 5.67. The Morgan fingerprint density at radius 1 is 1.00 bits per heavy atom. The lowest BCUT2D eigenvalue weighted by Gasteiger charge is -2.22. The maximum atomic E-state index is 13.5. The van der Waals surface area contributed by atoms with Crippen molar-refractivity contribution >= 4 is 40.3 Å². The van der Waals surface area contributed by atoms with Gasteiger partial charge in [-0.3, -0.25) is 14.6 Å². The van der Waals surface area contributed by atoms with Gasteiger partial charge >= 0.3 is 5.97 Å². The number of hydrogen-bond donors (Lipinski definition) is 1. The van der Waals surface area contributed by atoms with Gasteiger partial charge < -0.3 is 15.0 Å². The van der Waals surface area contributed by atoms with Gasteiger partial charge in [0.1, 0.15) is 0 Å². The molecule has 0 saturated carbocycles. The summed E-state index contributed by atoms with van der Waals surface area (Å²) >= 11 is 0. The molecule has 0 aliphatic carbocycles. The van der Waals surface area contributed by atoms with Crippen molar-refractivity contribution in [1.29, 1.82) is 0 Å². The van der Waals surface area contributed by atoms with Gasteiger partial charge in [0, 0.05) is 41.8 Å². The lowest BCUT2D eigenvalue weighted by molar-refractivity contribution is -0.118. The highest BCUT2D eigenvalue weighted by Crippen LogP contribution is 2.44. The molecule has 4 aromatic rings. The van der Waals surface area contributed by atoms with Crippen molar-refractivity contribution in [3.63, 3.8) is 0 Å². The summed E-state index contributed by atoms with van der Waals surface area (Å²) in [6.07, 6.45) is 4.51. The molecular weight excluding hydrogens is 514 g/mol. The number of hydrogen-bond acceptors (Lipinski definition) is 5. The maximum absolute atomic E-state index is 13.5. The molecule has 0 fully saturated rings. The van der Waals surface area contributed by atoms with Gasteiger partial charge in [-0.05, 0) is 58.5 Å². The van der Waals surface area contributed by atoms with Crippen LogP contribution in [0.3, 0.4) is 0 Å². The molecule has 7 heteroatoms. The van der Waals surface area contributed by atoms with Crippen LogP contribution in [0.15, 0.2) is 91.3 Å². The van der Waals surface area contributed by atoms with E-state index in [4.69, 9.17) is 4.74 Å². The van der Waals surface area contributed by atoms with Crippen LogP contribution in [-0.2, 0) is 27.2 Å². The second-order valence-corrected chi connectivity index (χ2v) is 10.3. The van der Waals surface area contributed by atoms with Gasteiger partial charge in [-0.2, -0.15) is 0 Å². The van der Waals surface area contributed by atoms with Crippen molar-refractivity contribution in [1.82, 2.24) is 4.98 Å². The van der Waals surface area contributed by atoms with Gasteiger partial charge in [0.25, 0.3) is 5.91 Å². The van der Waals surface area contributed by atoms with E-state index in [1.807, 2.05) is 53.4 Å². The summed E-state index contributed by atoms with van der Waals surface area (Å²) in [5, 5.41) is 2.95. The Morgan fingerprint density at radius 2 is 1.83 bits per heavy atom. The van der Waals surface area contributed by atoms with E-state index < -0.39 is 5.97 Å². The summed E-state index contributed by atoms with van der Waals surface area (Å²) in [6, 6.07) is 25.0. The predicted molar refractivity (Wildman–Crippen MR) is 159 cm³/mol. The first-order chi connectivity index (χ1) is 19.9. The largest absolute Gasteiger partial charge is 0.465 e. The summed E-state index contributed by atoms with van der Waals surface area (Å²) < 4.78 is 4.86. The number of benzene rings is 3. The Bertz CT molecular complexity index is 1700. The standard InChI is InChI=1S/C34H29N3O4/c1-21(24-11-13-29-25(18-24)14-16-37(29)30(38)17-22-7-6-15-35-20-22)31(23-8-4-3-5-9-23)32-27-12-10-26(34(40)41-2)19-28(27)36-33(32)39/h3-13,15,18-21H,14,16-17H2,1-2H3,(H,36,39)/b32-31+. The number of anilines is 2. The minimum Gasteiger partial charge on any atom is -0.465 e. The van der Waals surface area contributed by atoms with Crippen LogP contribution >= 0.6 is 0 Å². The van der Waals surface area contributed by atoms with Crippen molar-refractivity contribution in [3.8, 4) is 0 Å². The second-order valence-electron chi connectivity index (χ2n) is 10.3. The second kappa shape index (κ2) is 10.8. The van der Waals surface area contributed by atoms with Gasteiger partial charge in [-0.1, -0.05) is 61.5 Å². The first-order valence-electron chi connectivity index (χ1n) is 13.6. The molecule has 0 bridgehead atoms. The van der Waals surface area contributed by atoms with Crippen LogP contribution in [0.1, 0.15) is 51.0 Å². The van der Waals surface area contributed by atoms with Crippen LogP contribution < -0.4 is 10.2 Å². The minimum absolute atomic E-state index is 0.0511. The molecule has 1 N–H and O–H groups in total. The average molecular weight is 544 g/mol. The summed E-state index contributed by atoms with van der Waals surface area (Å²) in [5.41, 5.74) is 8.15. The lowest BCUT2D eigenvalue weighted by atomic mass is 9.82. The number of ether oxygens (including phenoxy) is 1. The van der Waals surface area contributed by atoms with Crippen LogP contribution in [0.25, 0.3) is 11.1 Å². The van der Waals surface area contributed by atoms with Crippen molar-refractivity contribution < 1.29 is 19.1 Å². The van der Waals surface area contributed by atoms with Crippen LogP contribution in [0.4, 0.5) is 11.4 Å². The molecule has 7 nitrogen and oxygen atoms in total. The van der Waals surface area contributed by atoms with Gasteiger partial charge in [0.05, 0.1) is 24.7 Å². The van der Waals surface area contributed by atoms with E-state index in [1.165, 1.54) is 7.11 Å². The number of nitrogens with one attached hydrogen (secondary N) is 1. The third kappa shape index (κ3) is 4.91. The number of aromatic nitrogens is 1. The summed E-state index contributed by atoms with van der Waals surface area (Å²) in [5.74, 6) is -0.742. The number of amides is 2. The Kier molecular flexibility index (Phi) is 6.93. The van der Waals surface area contributed by atoms with E-state index in [1.54, 1.807) is 30.6 Å². The number of fused-ring (bicyclic) bond motifs is 2. The Labute approximate surface area is 238 Å². The number of rotatable bonds is 6. The summed E-state index contributed by atoms with van der Waals surface area (Å²) in [4.78, 5) is 44.7. The fourth-order valence-corrected chi connectivity index (χ4v) is 5.80. The molecule has 1 atom stereocenters. The smallest absolute Gasteiger partial charge is 0.337 e. The summed E-state index contributed by atoms with van der Waals surface area (Å²) in [6.45, 7) is 2.74. The molecule has 2 aliphatic heterocycles. The number of carbonyl (C=O) groups excluding carboxylic acids is 3. The number of nitrogens with zero attached hydrogens (tertiary/aromatic N) is 2. The van der Waals surface area contributed by atoms with E-state index in [9.17, 15) is 14.4 Å². The van der Waals surface area contributed by atoms with Crippen LogP contribution in [0.5, 0.6) is 0 Å². The zero-order valence-electron chi connectivity index (χ0n) is 22.9. The summed E-state index contributed by atoms with van der Waals surface area (Å²) in [7, 11) is 1.33. The normalized spacial score (nSPS) is 15.6. The Hall–Kier alpha value is -5.04. The first-order valence-corrected chi connectivity index (χ1v) is 13.6. The molecule has 2 aliphatic rings. The molecule has 41 heavy (non-hydrogen) atoms. The van der Waals surface area contributed by atoms with Gasteiger partial charge in [0.15, 0.2) is 0 Å². The highest BCUT2D eigenvalue weighted by Gasteiger charge is 2.32. The Balaban J connectivity index is 1.37. The average Bonchev–Trinajstić information content (AvgIpc) is 3.57. The molecule has 6 rings (SSSR count). The van der Waals surface area contributed by atoms with E-state index in [0.29, 0.717) is 29.8 Å². The lowest BCUT2D eigenvalue weighted by Crippen LogP contribution is -2.30. The van der Waals surface area contributed by atoms with Crippen molar-refractivity contribution in [2.45, 2.75) is 25.7 Å². The third-order valence-corrected chi connectivity index (χ3v) is 7.85. The van der Waals surface area contributed by atoms with Crippen molar-refractivity contribution in [3.05, 3.63) is 125 Å². The van der Waals surface area contributed by atoms with Crippen LogP contribution in [0.2, 0.25) is 0 Å². The van der Waals surface area contributed by atoms with E-state index in [-0.39, 0.29) is 17.7 Å². The molecule has 1 aromatic heterocycles. The highest BCUT2D eigenvalue weighted by atomic mass is 16.5. The monoisotopic (exact) mass is 543 g/mol. The van der Waals surface area contributed by atoms with Gasteiger partial charge in [-0.15, -0.1) is 0 Å². The Morgan fingerprint density at radius 3 is 2.59 bits per heavy atom. The third-order valence-electron chi connectivity index (χ3n) is 7.85. The fraction of sp³-hybridized carbons (Fsp3) is 0.176. The van der Waals surface area contributed by atoms with Crippen LogP contribution in [0, 0.1) is 0 Å². The molecule has 2 amide bonds. The highest BCUT2D eigenvalue weighted by molar-refractivity contribution is 6.37. The van der Waals surface area contributed by atoms with Crippen LogP contribution in [-0.4, -0.2) is 36.4 Å². The molecule has 3 aromatic carbocycles. The van der Waals surface area contributed by atoms with Gasteiger partial charge in [-0.25, -0.2) is 4.79 Å². The number of carbonyl (C=O) groups is 3. The topological polar surface area (TPSA) is 88.6 Å². The first kappa shape index (κ1) is 26.2. The minimum atomic E-state index is -0.456. The quantitative estimate of drug-likeness (QED) is 0.250. The molecule has 1 unspecified atom stereocenters. The zero-order chi connectivity index (χ0) is 28.5. The molecule has 0 radical (unpaired) electrons. The number of allylic oxidation sites excluding steroid dienone is 1. The van der Waals surface area contributed by atoms with Crippen molar-refractivity contribution in [2.75, 3.05) is 23.9 Å². The van der Waals surface area contributed by atoms with E-state index >= 15 is 0 Å². The molecule has 0 spiro atoms. The van der Waals surface area contributed by atoms with E-state index in [2.05, 4.69) is 29.4 Å². The number of esters is 1. The molecular formula is C34H29N3O4. The maximum Gasteiger partial charge on any atom is 0.337 e. The van der Waals surface area contributed by atoms with Crippen molar-refractivity contribution in [2.24, 2.45) is 0 Å².